The first-order valence-corrected chi connectivity index (χ1v) is 9.50. The van der Waals surface area contributed by atoms with Gasteiger partial charge in [0.05, 0.1) is 0 Å². The molecule has 6 nitrogen and oxygen atoms in total. The van der Waals surface area contributed by atoms with E-state index in [2.05, 4.69) is 28.9 Å². The first-order chi connectivity index (χ1) is 12.6. The van der Waals surface area contributed by atoms with Crippen LogP contribution < -0.4 is 4.90 Å². The van der Waals surface area contributed by atoms with Gasteiger partial charge in [0.15, 0.2) is 0 Å². The van der Waals surface area contributed by atoms with Crippen molar-refractivity contribution in [3.63, 3.8) is 0 Å². The maximum absolute atomic E-state index is 12.2. The molecule has 0 N–H and O–H groups in total. The first kappa shape index (κ1) is 17.1. The summed E-state index contributed by atoms with van der Waals surface area (Å²) in [6.45, 7) is 6.83. The highest BCUT2D eigenvalue weighted by Gasteiger charge is 2.43. The topological polar surface area (TPSA) is 62.5 Å². The zero-order chi connectivity index (χ0) is 18.1. The van der Waals surface area contributed by atoms with Gasteiger partial charge in [0.1, 0.15) is 0 Å². The van der Waals surface area contributed by atoms with E-state index in [-0.39, 0.29) is 17.4 Å². The lowest BCUT2D eigenvalue weighted by Crippen LogP contribution is -2.55. The smallest absolute Gasteiger partial charge is 0.324 e. The molecule has 1 amide bonds. The fourth-order valence-corrected chi connectivity index (χ4v) is 4.27. The molecule has 0 aliphatic carbocycles. The highest BCUT2D eigenvalue weighted by Crippen LogP contribution is 2.40. The zero-order valence-corrected chi connectivity index (χ0v) is 15.5. The summed E-state index contributed by atoms with van der Waals surface area (Å²) in [7, 11) is 0. The summed E-state index contributed by atoms with van der Waals surface area (Å²) in [6.07, 6.45) is 3.83. The van der Waals surface area contributed by atoms with Crippen molar-refractivity contribution in [2.24, 2.45) is 5.41 Å². The molecule has 1 aromatic carbocycles. The van der Waals surface area contributed by atoms with Gasteiger partial charge in [-0.1, -0.05) is 35.5 Å². The van der Waals surface area contributed by atoms with Gasteiger partial charge >= 0.3 is 6.01 Å². The second-order valence-corrected chi connectivity index (χ2v) is 7.91. The molecule has 4 rings (SSSR count). The number of carbonyl (C=O) groups is 1. The van der Waals surface area contributed by atoms with E-state index in [0.29, 0.717) is 18.3 Å². The van der Waals surface area contributed by atoms with E-state index in [1.54, 1.807) is 0 Å². The minimum absolute atomic E-state index is 0.137. The maximum Gasteiger partial charge on any atom is 0.324 e. The summed E-state index contributed by atoms with van der Waals surface area (Å²) in [5.74, 6) is 0.912. The van der Waals surface area contributed by atoms with Crippen LogP contribution in [0.2, 0.25) is 0 Å². The van der Waals surface area contributed by atoms with Gasteiger partial charge in [-0.2, -0.15) is 4.98 Å². The first-order valence-electron chi connectivity index (χ1n) is 9.50. The Bertz CT molecular complexity index is 773. The van der Waals surface area contributed by atoms with Crippen molar-refractivity contribution < 1.29 is 9.32 Å². The monoisotopic (exact) mass is 354 g/mol. The van der Waals surface area contributed by atoms with Crippen LogP contribution in [-0.2, 0) is 4.79 Å². The van der Waals surface area contributed by atoms with Gasteiger partial charge in [-0.05, 0) is 33.1 Å². The summed E-state index contributed by atoms with van der Waals surface area (Å²) in [5, 5.41) is 4.16. The van der Waals surface area contributed by atoms with E-state index in [9.17, 15) is 4.79 Å². The Hall–Kier alpha value is -2.37. The van der Waals surface area contributed by atoms with Crippen LogP contribution >= 0.6 is 0 Å². The number of hydrogen-bond donors (Lipinski definition) is 0. The fourth-order valence-electron chi connectivity index (χ4n) is 4.27. The zero-order valence-electron chi connectivity index (χ0n) is 15.5. The molecule has 0 saturated carbocycles. The molecule has 2 saturated heterocycles. The standard InChI is InChI=1S/C20H26N4O2/c1-15(2)24-14-20(11-9-17(24)25)10-6-12-23(13-20)19-21-18(22-26-19)16-7-4-3-5-8-16/h3-5,7-8,15H,6,9-14H2,1-2H3/t20-/m1/s1. The molecule has 0 radical (unpaired) electrons. The van der Waals surface area contributed by atoms with E-state index in [1.807, 2.05) is 35.2 Å². The molecule has 1 spiro atoms. The van der Waals surface area contributed by atoms with Gasteiger partial charge in [-0.15, -0.1) is 0 Å². The minimum Gasteiger partial charge on any atom is -0.340 e. The Kier molecular flexibility index (Phi) is 4.42. The lowest BCUT2D eigenvalue weighted by atomic mass is 9.73. The Morgan fingerprint density at radius 2 is 1.96 bits per heavy atom. The van der Waals surface area contributed by atoms with Crippen molar-refractivity contribution in [3.8, 4) is 11.4 Å². The van der Waals surface area contributed by atoms with Crippen LogP contribution in [0.3, 0.4) is 0 Å². The number of nitrogens with zero attached hydrogens (tertiary/aromatic N) is 4. The number of amides is 1. The Balaban J connectivity index is 1.52. The SMILES string of the molecule is CC(C)N1C[C@]2(CCCN(c3nc(-c4ccccc4)no3)C2)CCC1=O. The van der Waals surface area contributed by atoms with E-state index in [4.69, 9.17) is 4.52 Å². The molecular formula is C20H26N4O2. The minimum atomic E-state index is 0.137. The molecule has 138 valence electrons. The highest BCUT2D eigenvalue weighted by molar-refractivity contribution is 5.77. The summed E-state index contributed by atoms with van der Waals surface area (Å²) in [5.41, 5.74) is 1.10. The van der Waals surface area contributed by atoms with Gasteiger partial charge in [-0.3, -0.25) is 4.79 Å². The summed E-state index contributed by atoms with van der Waals surface area (Å²) < 4.78 is 5.57. The summed E-state index contributed by atoms with van der Waals surface area (Å²) in [4.78, 5) is 21.1. The third-order valence-electron chi connectivity index (χ3n) is 5.70. The number of likely N-dealkylation sites (tertiary alicyclic amines) is 1. The van der Waals surface area contributed by atoms with Gasteiger partial charge in [-0.25, -0.2) is 0 Å². The van der Waals surface area contributed by atoms with Crippen LogP contribution in [0.4, 0.5) is 6.01 Å². The van der Waals surface area contributed by atoms with Crippen molar-refractivity contribution in [3.05, 3.63) is 30.3 Å². The second-order valence-electron chi connectivity index (χ2n) is 7.91. The predicted molar refractivity (Wildman–Crippen MR) is 99.7 cm³/mol. The van der Waals surface area contributed by atoms with E-state index in [1.165, 1.54) is 0 Å². The Labute approximate surface area is 154 Å². The van der Waals surface area contributed by atoms with Crippen molar-refractivity contribution in [1.29, 1.82) is 0 Å². The van der Waals surface area contributed by atoms with Crippen LogP contribution in [-0.4, -0.2) is 46.6 Å². The Morgan fingerprint density at radius 1 is 1.15 bits per heavy atom. The molecule has 2 fully saturated rings. The third-order valence-corrected chi connectivity index (χ3v) is 5.70. The van der Waals surface area contributed by atoms with Gasteiger partial charge in [0.2, 0.25) is 11.7 Å². The van der Waals surface area contributed by atoms with E-state index >= 15 is 0 Å². The number of carbonyl (C=O) groups excluding carboxylic acids is 1. The third kappa shape index (κ3) is 3.20. The van der Waals surface area contributed by atoms with Crippen molar-refractivity contribution >= 4 is 11.9 Å². The lowest BCUT2D eigenvalue weighted by Gasteiger charge is -2.48. The van der Waals surface area contributed by atoms with Crippen LogP contribution in [0.1, 0.15) is 39.5 Å². The van der Waals surface area contributed by atoms with E-state index < -0.39 is 0 Å². The Morgan fingerprint density at radius 3 is 2.73 bits per heavy atom. The largest absolute Gasteiger partial charge is 0.340 e. The number of anilines is 1. The normalized spacial score (nSPS) is 23.9. The van der Waals surface area contributed by atoms with E-state index in [0.717, 1.165) is 44.5 Å². The molecule has 3 heterocycles. The molecule has 0 unspecified atom stereocenters. The number of hydrogen-bond acceptors (Lipinski definition) is 5. The summed E-state index contributed by atoms with van der Waals surface area (Å²) in [6, 6.07) is 10.7. The number of aromatic nitrogens is 2. The van der Waals surface area contributed by atoms with Crippen LogP contribution in [0.25, 0.3) is 11.4 Å². The molecule has 26 heavy (non-hydrogen) atoms. The number of benzene rings is 1. The molecule has 2 aromatic rings. The lowest BCUT2D eigenvalue weighted by molar-refractivity contribution is -0.140. The molecule has 1 atom stereocenters. The molecule has 6 heteroatoms. The molecule has 1 aromatic heterocycles. The summed E-state index contributed by atoms with van der Waals surface area (Å²) >= 11 is 0. The van der Waals surface area contributed by atoms with Gasteiger partial charge < -0.3 is 14.3 Å². The average Bonchev–Trinajstić information content (AvgIpc) is 3.15. The highest BCUT2D eigenvalue weighted by atomic mass is 16.5. The van der Waals surface area contributed by atoms with Gasteiger partial charge in [0, 0.05) is 43.1 Å². The number of piperidine rings is 2. The quantitative estimate of drug-likeness (QED) is 0.846. The van der Waals surface area contributed by atoms with Crippen LogP contribution in [0.15, 0.2) is 34.9 Å². The van der Waals surface area contributed by atoms with Crippen LogP contribution in [0.5, 0.6) is 0 Å². The second kappa shape index (κ2) is 6.74. The van der Waals surface area contributed by atoms with Crippen LogP contribution in [0, 0.1) is 5.41 Å². The van der Waals surface area contributed by atoms with Crippen molar-refractivity contribution in [1.82, 2.24) is 15.0 Å². The number of rotatable bonds is 3. The fraction of sp³-hybridized carbons (Fsp3) is 0.550. The predicted octanol–water partition coefficient (Wildman–Crippen LogP) is 3.35. The molecule has 2 aliphatic rings. The van der Waals surface area contributed by atoms with Crippen molar-refractivity contribution in [2.75, 3.05) is 24.5 Å². The maximum atomic E-state index is 12.2. The molecular weight excluding hydrogens is 328 g/mol. The van der Waals surface area contributed by atoms with Crippen molar-refractivity contribution in [2.45, 2.75) is 45.6 Å². The average molecular weight is 354 g/mol. The van der Waals surface area contributed by atoms with Gasteiger partial charge in [0.25, 0.3) is 0 Å². The molecule has 2 aliphatic heterocycles. The molecule has 0 bridgehead atoms.